The third kappa shape index (κ3) is 2.85. The molecule has 1 heterocycles. The van der Waals surface area contributed by atoms with Gasteiger partial charge in [-0.2, -0.15) is 0 Å². The van der Waals surface area contributed by atoms with Crippen LogP contribution in [0, 0.1) is 22.0 Å². The molecule has 1 aliphatic heterocycles. The lowest BCUT2D eigenvalue weighted by molar-refractivity contribution is -0.384. The Morgan fingerprint density at radius 1 is 1.35 bits per heavy atom. The Kier molecular flexibility index (Phi) is 4.13. The Balaban J connectivity index is 2.39. The second-order valence-corrected chi connectivity index (χ2v) is 5.85. The molecule has 0 spiro atoms. The number of nitrogen functional groups attached to an aromatic ring is 1. The maximum absolute atomic E-state index is 11.0. The predicted octanol–water partition coefficient (Wildman–Crippen LogP) is 2.75. The lowest BCUT2D eigenvalue weighted by Crippen LogP contribution is -2.45. The number of nitrogens with two attached hydrogens (primary N) is 1. The van der Waals surface area contributed by atoms with Gasteiger partial charge >= 0.3 is 0 Å². The Morgan fingerprint density at radius 2 is 2.05 bits per heavy atom. The van der Waals surface area contributed by atoms with Crippen LogP contribution in [0.3, 0.4) is 0 Å². The van der Waals surface area contributed by atoms with E-state index in [1.807, 2.05) is 6.07 Å². The molecule has 3 N–H and O–H groups in total. The third-order valence-corrected chi connectivity index (χ3v) is 4.21. The van der Waals surface area contributed by atoms with Gasteiger partial charge in [0.2, 0.25) is 0 Å². The predicted molar refractivity (Wildman–Crippen MR) is 80.7 cm³/mol. The number of rotatable bonds is 3. The van der Waals surface area contributed by atoms with Crippen molar-refractivity contribution in [2.24, 2.45) is 17.7 Å². The Morgan fingerprint density at radius 3 is 2.65 bits per heavy atom. The number of nitrogens with one attached hydrogen (secondary N) is 1. The zero-order valence-corrected chi connectivity index (χ0v) is 12.2. The van der Waals surface area contributed by atoms with Gasteiger partial charge in [-0.15, -0.1) is 0 Å². The van der Waals surface area contributed by atoms with Crippen LogP contribution in [-0.4, -0.2) is 17.5 Å². The van der Waals surface area contributed by atoms with Gasteiger partial charge < -0.3 is 10.3 Å². The molecule has 0 aromatic heterocycles. The topological polar surface area (TPSA) is 84.4 Å². The van der Waals surface area contributed by atoms with Crippen molar-refractivity contribution in [3.8, 4) is 0 Å². The lowest BCUT2D eigenvalue weighted by atomic mass is 9.85. The molecular formula is C14H22N4O2. The molecule has 0 bridgehead atoms. The van der Waals surface area contributed by atoms with E-state index < -0.39 is 0 Å². The molecule has 6 heteroatoms. The summed E-state index contributed by atoms with van der Waals surface area (Å²) in [5, 5.41) is 11.0. The molecule has 0 radical (unpaired) electrons. The van der Waals surface area contributed by atoms with E-state index in [-0.39, 0.29) is 10.6 Å². The summed E-state index contributed by atoms with van der Waals surface area (Å²) in [6.45, 7) is 7.53. The van der Waals surface area contributed by atoms with Crippen LogP contribution in [0.5, 0.6) is 0 Å². The van der Waals surface area contributed by atoms with E-state index in [9.17, 15) is 10.1 Å². The van der Waals surface area contributed by atoms with Crippen LogP contribution in [0.25, 0.3) is 0 Å². The molecule has 1 fully saturated rings. The van der Waals surface area contributed by atoms with Gasteiger partial charge in [-0.1, -0.05) is 13.8 Å². The first-order valence-corrected chi connectivity index (χ1v) is 6.95. The molecule has 3 atom stereocenters. The molecule has 0 amide bonds. The maximum atomic E-state index is 11.0. The maximum Gasteiger partial charge on any atom is 0.273 e. The largest absolute Gasteiger partial charge is 0.368 e. The number of hydrogen-bond acceptors (Lipinski definition) is 5. The molecule has 6 nitrogen and oxygen atoms in total. The first-order chi connectivity index (χ1) is 9.42. The number of anilines is 2. The zero-order valence-electron chi connectivity index (χ0n) is 12.2. The van der Waals surface area contributed by atoms with E-state index in [0.29, 0.717) is 23.6 Å². The summed E-state index contributed by atoms with van der Waals surface area (Å²) in [5.74, 6) is 6.56. The molecule has 1 aromatic carbocycles. The van der Waals surface area contributed by atoms with Crippen LogP contribution in [0.15, 0.2) is 18.2 Å². The van der Waals surface area contributed by atoms with Crippen molar-refractivity contribution < 1.29 is 4.92 Å². The van der Waals surface area contributed by atoms with E-state index in [1.54, 1.807) is 6.07 Å². The number of nitro groups is 1. The molecule has 110 valence electrons. The van der Waals surface area contributed by atoms with Crippen molar-refractivity contribution in [1.29, 1.82) is 0 Å². The minimum atomic E-state index is -0.383. The standard InChI is InChI=1S/C14H22N4O2/c1-9-4-10(2)11(3)17(8-9)13-5-12(16-15)6-14(7-13)18(19)20/h5-7,9-11,16H,4,8,15H2,1-3H3. The first kappa shape index (κ1) is 14.6. The van der Waals surface area contributed by atoms with Crippen molar-refractivity contribution in [2.75, 3.05) is 16.9 Å². The van der Waals surface area contributed by atoms with Crippen LogP contribution >= 0.6 is 0 Å². The number of piperidine rings is 1. The average Bonchev–Trinajstić information content (AvgIpc) is 2.42. The highest BCUT2D eigenvalue weighted by atomic mass is 16.6. The quantitative estimate of drug-likeness (QED) is 0.504. The molecule has 1 saturated heterocycles. The minimum absolute atomic E-state index is 0.0635. The van der Waals surface area contributed by atoms with Crippen molar-refractivity contribution >= 4 is 17.1 Å². The van der Waals surface area contributed by atoms with E-state index in [4.69, 9.17) is 5.84 Å². The van der Waals surface area contributed by atoms with Gasteiger partial charge in [0.05, 0.1) is 10.6 Å². The molecule has 3 unspecified atom stereocenters. The number of hydrogen-bond donors (Lipinski definition) is 2. The van der Waals surface area contributed by atoms with Gasteiger partial charge in [-0.05, 0) is 31.2 Å². The highest BCUT2D eigenvalue weighted by Gasteiger charge is 2.29. The van der Waals surface area contributed by atoms with E-state index in [1.165, 1.54) is 12.5 Å². The molecular weight excluding hydrogens is 256 g/mol. The third-order valence-electron chi connectivity index (χ3n) is 4.21. The number of nitro benzene ring substituents is 1. The average molecular weight is 278 g/mol. The van der Waals surface area contributed by atoms with Crippen molar-refractivity contribution in [2.45, 2.75) is 33.2 Å². The van der Waals surface area contributed by atoms with E-state index in [0.717, 1.165) is 12.2 Å². The van der Waals surface area contributed by atoms with Gasteiger partial charge in [0, 0.05) is 30.4 Å². The molecule has 2 rings (SSSR count). The molecule has 1 aromatic rings. The number of non-ortho nitro benzene ring substituents is 1. The van der Waals surface area contributed by atoms with E-state index >= 15 is 0 Å². The van der Waals surface area contributed by atoms with Crippen LogP contribution < -0.4 is 16.2 Å². The number of benzene rings is 1. The summed E-state index contributed by atoms with van der Waals surface area (Å²) in [4.78, 5) is 12.9. The van der Waals surface area contributed by atoms with Crippen LogP contribution in [0.1, 0.15) is 27.2 Å². The smallest absolute Gasteiger partial charge is 0.273 e. The fraction of sp³-hybridized carbons (Fsp3) is 0.571. The highest BCUT2D eigenvalue weighted by molar-refractivity contribution is 5.64. The number of hydrazine groups is 1. The Bertz CT molecular complexity index is 506. The normalized spacial score (nSPS) is 26.4. The van der Waals surface area contributed by atoms with Crippen LogP contribution in [-0.2, 0) is 0 Å². The SMILES string of the molecule is CC1CC(C)C(C)N(c2cc(NN)cc([N+](=O)[O-])c2)C1. The summed E-state index contributed by atoms with van der Waals surface area (Å²) in [7, 11) is 0. The summed E-state index contributed by atoms with van der Waals surface area (Å²) >= 11 is 0. The summed E-state index contributed by atoms with van der Waals surface area (Å²) in [5.41, 5.74) is 3.99. The zero-order chi connectivity index (χ0) is 14.9. The fourth-order valence-electron chi connectivity index (χ4n) is 3.01. The Labute approximate surface area is 119 Å². The van der Waals surface area contributed by atoms with Crippen LogP contribution in [0.2, 0.25) is 0 Å². The van der Waals surface area contributed by atoms with Crippen molar-refractivity contribution in [3.63, 3.8) is 0 Å². The monoisotopic (exact) mass is 278 g/mol. The highest BCUT2D eigenvalue weighted by Crippen LogP contribution is 2.34. The Hall–Kier alpha value is -1.82. The number of nitrogens with zero attached hydrogens (tertiary/aromatic N) is 2. The second-order valence-electron chi connectivity index (χ2n) is 5.85. The van der Waals surface area contributed by atoms with Gasteiger partial charge in [-0.25, -0.2) is 0 Å². The minimum Gasteiger partial charge on any atom is -0.368 e. The van der Waals surface area contributed by atoms with Gasteiger partial charge in [0.15, 0.2) is 0 Å². The molecule has 0 aliphatic carbocycles. The van der Waals surface area contributed by atoms with Gasteiger partial charge in [0.25, 0.3) is 5.69 Å². The summed E-state index contributed by atoms with van der Waals surface area (Å²) < 4.78 is 0. The lowest BCUT2D eigenvalue weighted by Gasteiger charge is -2.42. The van der Waals surface area contributed by atoms with Crippen molar-refractivity contribution in [3.05, 3.63) is 28.3 Å². The second kappa shape index (κ2) is 5.66. The molecule has 20 heavy (non-hydrogen) atoms. The summed E-state index contributed by atoms with van der Waals surface area (Å²) in [6.07, 6.45) is 1.19. The molecule has 1 aliphatic rings. The fourth-order valence-corrected chi connectivity index (χ4v) is 3.01. The van der Waals surface area contributed by atoms with Crippen LogP contribution in [0.4, 0.5) is 17.1 Å². The summed E-state index contributed by atoms with van der Waals surface area (Å²) in [6, 6.07) is 5.31. The molecule has 0 saturated carbocycles. The van der Waals surface area contributed by atoms with Crippen molar-refractivity contribution in [1.82, 2.24) is 0 Å². The van der Waals surface area contributed by atoms with Gasteiger partial charge in [0.1, 0.15) is 0 Å². The van der Waals surface area contributed by atoms with E-state index in [2.05, 4.69) is 31.1 Å². The van der Waals surface area contributed by atoms with Gasteiger partial charge in [-0.3, -0.25) is 16.0 Å². The first-order valence-electron chi connectivity index (χ1n) is 6.95.